The minimum Gasteiger partial charge on any atom is -0.497 e. The van der Waals surface area contributed by atoms with Crippen molar-refractivity contribution < 1.29 is 23.7 Å². The summed E-state index contributed by atoms with van der Waals surface area (Å²) in [4.78, 5) is 19.5. The van der Waals surface area contributed by atoms with Crippen molar-refractivity contribution in [2.45, 2.75) is 0 Å². The third-order valence-electron chi connectivity index (χ3n) is 4.50. The van der Waals surface area contributed by atoms with E-state index in [1.165, 1.54) is 11.8 Å². The van der Waals surface area contributed by atoms with Gasteiger partial charge in [-0.3, -0.25) is 9.69 Å². The molecule has 2 aromatic rings. The van der Waals surface area contributed by atoms with Crippen LogP contribution in [0.15, 0.2) is 59.7 Å². The van der Waals surface area contributed by atoms with Crippen molar-refractivity contribution >= 4 is 34.6 Å². The van der Waals surface area contributed by atoms with Gasteiger partial charge in [-0.15, -0.1) is 6.58 Å². The maximum absolute atomic E-state index is 13.3. The molecule has 7 nitrogen and oxygen atoms in total. The monoisotopic (exact) mass is 440 g/mol. The summed E-state index contributed by atoms with van der Waals surface area (Å²) in [6.45, 7) is 3.75. The van der Waals surface area contributed by atoms with Gasteiger partial charge in [-0.1, -0.05) is 23.9 Å². The molecule has 1 amide bonds. The number of aliphatic imine (C=N–C) groups is 1. The first kappa shape index (κ1) is 22.3. The van der Waals surface area contributed by atoms with E-state index in [1.807, 2.05) is 18.2 Å². The van der Waals surface area contributed by atoms with Crippen LogP contribution in [0.2, 0.25) is 0 Å². The summed E-state index contributed by atoms with van der Waals surface area (Å²) in [6, 6.07) is 10.7. The lowest BCUT2D eigenvalue weighted by Crippen LogP contribution is -2.30. The fraction of sp³-hybridized carbons (Fsp3) is 0.217. The van der Waals surface area contributed by atoms with Gasteiger partial charge in [0.2, 0.25) is 0 Å². The summed E-state index contributed by atoms with van der Waals surface area (Å²) in [5.41, 5.74) is 1.59. The Morgan fingerprint density at radius 1 is 1.00 bits per heavy atom. The average Bonchev–Trinajstić information content (AvgIpc) is 3.11. The van der Waals surface area contributed by atoms with Crippen LogP contribution in [-0.4, -0.2) is 45.3 Å². The standard InChI is InChI=1S/C23H24N2O5S/c1-6-10-31-23-24-18(22(26)25(23)16-8-7-9-17(13-16)27-2)11-15-12-20(29-4)21(30-5)14-19(15)28-3/h6-9,11-14H,1,10H2,2-5H3. The Morgan fingerprint density at radius 2 is 1.71 bits per heavy atom. The number of ether oxygens (including phenoxy) is 4. The second-order valence-corrected chi connectivity index (χ2v) is 7.30. The minimum absolute atomic E-state index is 0.253. The van der Waals surface area contributed by atoms with Crippen LogP contribution in [0.1, 0.15) is 5.56 Å². The first-order valence-corrected chi connectivity index (χ1v) is 10.4. The smallest absolute Gasteiger partial charge is 0.283 e. The molecule has 3 rings (SSSR count). The third-order valence-corrected chi connectivity index (χ3v) is 5.43. The van der Waals surface area contributed by atoms with Crippen molar-refractivity contribution in [3.8, 4) is 23.0 Å². The third kappa shape index (κ3) is 4.69. The van der Waals surface area contributed by atoms with Crippen molar-refractivity contribution in [2.24, 2.45) is 4.99 Å². The van der Waals surface area contributed by atoms with Crippen molar-refractivity contribution in [3.05, 3.63) is 60.3 Å². The van der Waals surface area contributed by atoms with Crippen LogP contribution in [0.3, 0.4) is 0 Å². The number of anilines is 1. The van der Waals surface area contributed by atoms with E-state index in [9.17, 15) is 4.79 Å². The van der Waals surface area contributed by atoms with Crippen LogP contribution in [-0.2, 0) is 4.79 Å². The Morgan fingerprint density at radius 3 is 2.35 bits per heavy atom. The van der Waals surface area contributed by atoms with E-state index in [1.54, 1.807) is 63.7 Å². The molecule has 0 aromatic heterocycles. The predicted octanol–water partition coefficient (Wildman–Crippen LogP) is 4.38. The van der Waals surface area contributed by atoms with E-state index in [2.05, 4.69) is 11.6 Å². The molecule has 0 saturated heterocycles. The van der Waals surface area contributed by atoms with Crippen LogP contribution >= 0.6 is 11.8 Å². The molecule has 1 heterocycles. The fourth-order valence-corrected chi connectivity index (χ4v) is 3.76. The molecule has 2 aromatic carbocycles. The van der Waals surface area contributed by atoms with Crippen LogP contribution in [0.25, 0.3) is 6.08 Å². The molecular weight excluding hydrogens is 416 g/mol. The first-order chi connectivity index (χ1) is 15.1. The topological polar surface area (TPSA) is 69.6 Å². The first-order valence-electron chi connectivity index (χ1n) is 9.38. The maximum Gasteiger partial charge on any atom is 0.283 e. The van der Waals surface area contributed by atoms with Gasteiger partial charge in [0.1, 0.15) is 17.2 Å². The lowest BCUT2D eigenvalue weighted by molar-refractivity contribution is -0.113. The highest BCUT2D eigenvalue weighted by molar-refractivity contribution is 8.14. The molecule has 0 saturated carbocycles. The predicted molar refractivity (Wildman–Crippen MR) is 125 cm³/mol. The molecule has 8 heteroatoms. The van der Waals surface area contributed by atoms with Gasteiger partial charge in [-0.2, -0.15) is 0 Å². The molecule has 1 aliphatic heterocycles. The van der Waals surface area contributed by atoms with E-state index in [0.717, 1.165) is 0 Å². The van der Waals surface area contributed by atoms with Gasteiger partial charge in [-0.05, 0) is 24.3 Å². The molecule has 0 N–H and O–H groups in total. The van der Waals surface area contributed by atoms with Crippen molar-refractivity contribution in [2.75, 3.05) is 39.1 Å². The van der Waals surface area contributed by atoms with Gasteiger partial charge in [0.05, 0.1) is 34.1 Å². The zero-order valence-corrected chi connectivity index (χ0v) is 18.7. The van der Waals surface area contributed by atoms with Crippen LogP contribution in [0.4, 0.5) is 5.69 Å². The van der Waals surface area contributed by atoms with E-state index < -0.39 is 0 Å². The Labute approximate surface area is 186 Å². The average molecular weight is 441 g/mol. The number of rotatable bonds is 8. The number of benzene rings is 2. The summed E-state index contributed by atoms with van der Waals surface area (Å²) in [6.07, 6.45) is 3.44. The lowest BCUT2D eigenvalue weighted by Gasteiger charge is -2.18. The number of amidine groups is 1. The van der Waals surface area contributed by atoms with Gasteiger partial charge in [0.15, 0.2) is 16.7 Å². The quantitative estimate of drug-likeness (QED) is 0.448. The molecule has 0 fully saturated rings. The molecule has 31 heavy (non-hydrogen) atoms. The summed E-state index contributed by atoms with van der Waals surface area (Å²) in [5.74, 6) is 2.60. The van der Waals surface area contributed by atoms with E-state index in [0.29, 0.717) is 45.2 Å². The minimum atomic E-state index is -0.253. The van der Waals surface area contributed by atoms with Crippen molar-refractivity contribution in [1.82, 2.24) is 0 Å². The molecule has 0 radical (unpaired) electrons. The number of methoxy groups -OCH3 is 4. The largest absolute Gasteiger partial charge is 0.497 e. The zero-order chi connectivity index (χ0) is 22.4. The number of thioether (sulfide) groups is 1. The number of amides is 1. The highest BCUT2D eigenvalue weighted by Crippen LogP contribution is 2.37. The summed E-state index contributed by atoms with van der Waals surface area (Å²) >= 11 is 1.42. The Hall–Kier alpha value is -3.39. The van der Waals surface area contributed by atoms with Gasteiger partial charge < -0.3 is 18.9 Å². The van der Waals surface area contributed by atoms with Gasteiger partial charge in [-0.25, -0.2) is 4.99 Å². The zero-order valence-electron chi connectivity index (χ0n) is 17.9. The molecule has 1 aliphatic rings. The normalized spacial score (nSPS) is 14.5. The van der Waals surface area contributed by atoms with E-state index in [-0.39, 0.29) is 11.6 Å². The van der Waals surface area contributed by atoms with E-state index >= 15 is 0 Å². The molecule has 0 unspecified atom stereocenters. The lowest BCUT2D eigenvalue weighted by atomic mass is 10.1. The number of carbonyl (C=O) groups is 1. The van der Waals surface area contributed by atoms with Crippen LogP contribution < -0.4 is 23.8 Å². The molecule has 0 aliphatic carbocycles. The van der Waals surface area contributed by atoms with E-state index in [4.69, 9.17) is 18.9 Å². The maximum atomic E-state index is 13.3. The number of nitrogens with zero attached hydrogens (tertiary/aromatic N) is 2. The number of hydrogen-bond donors (Lipinski definition) is 0. The molecular formula is C23H24N2O5S. The molecule has 0 bridgehead atoms. The fourth-order valence-electron chi connectivity index (χ4n) is 3.02. The summed E-state index contributed by atoms with van der Waals surface area (Å²) < 4.78 is 21.5. The van der Waals surface area contributed by atoms with Crippen molar-refractivity contribution in [1.29, 1.82) is 0 Å². The number of carbonyl (C=O) groups excluding carboxylic acids is 1. The van der Waals surface area contributed by atoms with Crippen LogP contribution in [0.5, 0.6) is 23.0 Å². The molecule has 0 spiro atoms. The highest BCUT2D eigenvalue weighted by Gasteiger charge is 2.32. The summed E-state index contributed by atoms with van der Waals surface area (Å²) in [7, 11) is 6.24. The van der Waals surface area contributed by atoms with Gasteiger partial charge in [0.25, 0.3) is 5.91 Å². The Balaban J connectivity index is 2.07. The van der Waals surface area contributed by atoms with Crippen molar-refractivity contribution in [3.63, 3.8) is 0 Å². The molecule has 162 valence electrons. The van der Waals surface area contributed by atoms with Gasteiger partial charge in [0, 0.05) is 23.4 Å². The second kappa shape index (κ2) is 10.1. The summed E-state index contributed by atoms with van der Waals surface area (Å²) in [5, 5.41) is 0.559. The Bertz CT molecular complexity index is 1050. The Kier molecular flexibility index (Phi) is 7.25. The highest BCUT2D eigenvalue weighted by atomic mass is 32.2. The SMILES string of the molecule is C=CCSC1=NC(=Cc2cc(OC)c(OC)cc2OC)C(=O)N1c1cccc(OC)c1. The van der Waals surface area contributed by atoms with Gasteiger partial charge >= 0.3 is 0 Å². The van der Waals surface area contributed by atoms with Crippen LogP contribution in [0, 0.1) is 0 Å². The molecule has 0 atom stereocenters. The number of hydrogen-bond acceptors (Lipinski definition) is 7. The second-order valence-electron chi connectivity index (χ2n) is 6.31.